The zero-order valence-corrected chi connectivity index (χ0v) is 23.0. The van der Waals surface area contributed by atoms with Gasteiger partial charge in [-0.3, -0.25) is 29.3 Å². The molecular formula is C29H29N3O10. The summed E-state index contributed by atoms with van der Waals surface area (Å²) in [5.74, 6) is -10.6. The van der Waals surface area contributed by atoms with E-state index in [1.54, 1.807) is 31.1 Å². The smallest absolute Gasteiger partial charge is 0.417 e. The zero-order chi connectivity index (χ0) is 30.7. The van der Waals surface area contributed by atoms with Gasteiger partial charge in [-0.2, -0.15) is 0 Å². The Bertz CT molecular complexity index is 1550. The monoisotopic (exact) mass is 579 g/mol. The number of fused-ring (bicyclic) bond motifs is 3. The molecule has 5 N–H and O–H groups in total. The lowest BCUT2D eigenvalue weighted by Gasteiger charge is -2.48. The van der Waals surface area contributed by atoms with Crippen molar-refractivity contribution in [1.29, 1.82) is 0 Å². The Morgan fingerprint density at radius 1 is 1.05 bits per heavy atom. The number of Topliss-reactive ketones (excluding diaryl/α,β-unsaturated/α-hetero) is 4. The number of benzene rings is 2. The van der Waals surface area contributed by atoms with E-state index in [9.17, 15) is 39.0 Å². The number of phenols is 1. The molecule has 0 radical (unpaired) electrons. The molecule has 5 rings (SSSR count). The first-order chi connectivity index (χ1) is 19.8. The van der Waals surface area contributed by atoms with Crippen LogP contribution in [0, 0.1) is 23.7 Å². The molecule has 0 heterocycles. The van der Waals surface area contributed by atoms with Crippen LogP contribution in [0.15, 0.2) is 30.3 Å². The lowest BCUT2D eigenvalue weighted by molar-refractivity contribution is -0.175. The number of aromatic hydroxyl groups is 1. The SMILES string of the molecule is COc1ccc(OC(=O)Nc2cc(N(C)C)c3c(c2O)C(=O)C2C(=O)[C@]4(O)C(=O)C(C(N)=O)C(=O)C[C@@H]4C[C@@H]2C3)cc1. The summed E-state index contributed by atoms with van der Waals surface area (Å²) < 4.78 is 10.3. The van der Waals surface area contributed by atoms with Crippen molar-refractivity contribution in [3.8, 4) is 17.2 Å². The van der Waals surface area contributed by atoms with Crippen LogP contribution in [-0.4, -0.2) is 72.2 Å². The van der Waals surface area contributed by atoms with Crippen molar-refractivity contribution in [2.24, 2.45) is 29.4 Å². The predicted molar refractivity (Wildman–Crippen MR) is 145 cm³/mol. The highest BCUT2D eigenvalue weighted by Crippen LogP contribution is 2.52. The molecule has 13 heteroatoms. The van der Waals surface area contributed by atoms with Crippen molar-refractivity contribution in [3.05, 3.63) is 41.5 Å². The minimum atomic E-state index is -2.75. The number of nitrogens with two attached hydrogens (primary N) is 1. The van der Waals surface area contributed by atoms with E-state index in [0.29, 0.717) is 17.0 Å². The summed E-state index contributed by atoms with van der Waals surface area (Å²) in [5, 5.41) is 25.0. The van der Waals surface area contributed by atoms with Gasteiger partial charge in [0, 0.05) is 32.1 Å². The maximum atomic E-state index is 13.9. The summed E-state index contributed by atoms with van der Waals surface area (Å²) in [6, 6.07) is 7.61. The maximum absolute atomic E-state index is 13.9. The highest BCUT2D eigenvalue weighted by molar-refractivity contribution is 6.31. The summed E-state index contributed by atoms with van der Waals surface area (Å²) in [6.07, 6.45) is -1.31. The second-order valence-electron chi connectivity index (χ2n) is 11.0. The molecule has 13 nitrogen and oxygen atoms in total. The minimum absolute atomic E-state index is 0.0249. The minimum Gasteiger partial charge on any atom is -0.505 e. The van der Waals surface area contributed by atoms with E-state index in [4.69, 9.17) is 15.2 Å². The third-order valence-corrected chi connectivity index (χ3v) is 8.37. The van der Waals surface area contributed by atoms with Crippen molar-refractivity contribution in [1.82, 2.24) is 0 Å². The van der Waals surface area contributed by atoms with Crippen LogP contribution >= 0.6 is 0 Å². The topological polar surface area (TPSA) is 203 Å². The van der Waals surface area contributed by atoms with Gasteiger partial charge in [-0.25, -0.2) is 4.79 Å². The first kappa shape index (κ1) is 28.7. The quantitative estimate of drug-likeness (QED) is 0.291. The summed E-state index contributed by atoms with van der Waals surface area (Å²) in [6.45, 7) is 0. The molecule has 0 spiro atoms. The molecule has 5 atom stereocenters. The van der Waals surface area contributed by atoms with Crippen molar-refractivity contribution in [2.75, 3.05) is 31.4 Å². The molecule has 2 aromatic rings. The van der Waals surface area contributed by atoms with Gasteiger partial charge in [-0.05, 0) is 54.7 Å². The van der Waals surface area contributed by atoms with Crippen molar-refractivity contribution in [3.63, 3.8) is 0 Å². The molecular weight excluding hydrogens is 550 g/mol. The van der Waals surface area contributed by atoms with Gasteiger partial charge in [-0.1, -0.05) is 0 Å². The molecule has 2 fully saturated rings. The van der Waals surface area contributed by atoms with E-state index >= 15 is 0 Å². The van der Waals surface area contributed by atoms with Crippen LogP contribution in [0.5, 0.6) is 17.2 Å². The highest BCUT2D eigenvalue weighted by Gasteiger charge is 2.66. The number of aliphatic hydroxyl groups is 1. The van der Waals surface area contributed by atoms with Gasteiger partial charge in [0.2, 0.25) is 5.91 Å². The average Bonchev–Trinajstić information content (AvgIpc) is 2.92. The van der Waals surface area contributed by atoms with Gasteiger partial charge in [0.1, 0.15) is 17.2 Å². The number of nitrogens with one attached hydrogen (secondary N) is 1. The van der Waals surface area contributed by atoms with Crippen molar-refractivity contribution < 1.29 is 48.5 Å². The van der Waals surface area contributed by atoms with Crippen LogP contribution in [0.2, 0.25) is 0 Å². The number of nitrogens with zero attached hydrogens (tertiary/aromatic N) is 1. The Hall–Kier alpha value is -4.78. The molecule has 220 valence electrons. The number of primary amides is 1. The number of ether oxygens (including phenoxy) is 2. The van der Waals surface area contributed by atoms with E-state index in [2.05, 4.69) is 5.32 Å². The lowest BCUT2D eigenvalue weighted by atomic mass is 9.53. The molecule has 0 aromatic heterocycles. The van der Waals surface area contributed by atoms with E-state index in [0.717, 1.165) is 0 Å². The van der Waals surface area contributed by atoms with Crippen molar-refractivity contribution in [2.45, 2.75) is 24.9 Å². The van der Waals surface area contributed by atoms with Gasteiger partial charge < -0.3 is 30.3 Å². The Labute approximate surface area is 239 Å². The van der Waals surface area contributed by atoms with Gasteiger partial charge in [0.25, 0.3) is 0 Å². The fourth-order valence-corrected chi connectivity index (χ4v) is 6.40. The van der Waals surface area contributed by atoms with E-state index in [1.807, 2.05) is 0 Å². The lowest BCUT2D eigenvalue weighted by Crippen LogP contribution is -2.68. The number of methoxy groups -OCH3 is 1. The Morgan fingerprint density at radius 2 is 1.69 bits per heavy atom. The predicted octanol–water partition coefficient (Wildman–Crippen LogP) is 1.01. The van der Waals surface area contributed by atoms with Crippen molar-refractivity contribution >= 4 is 46.5 Å². The highest BCUT2D eigenvalue weighted by atomic mass is 16.6. The van der Waals surface area contributed by atoms with Crippen LogP contribution in [0.25, 0.3) is 0 Å². The number of rotatable bonds is 5. The Kier molecular flexibility index (Phi) is 7.01. The molecule has 0 bridgehead atoms. The molecule has 2 amide bonds. The third-order valence-electron chi connectivity index (χ3n) is 8.37. The van der Waals surface area contributed by atoms with Crippen LogP contribution in [0.3, 0.4) is 0 Å². The van der Waals surface area contributed by atoms with Gasteiger partial charge in [-0.15, -0.1) is 0 Å². The van der Waals surface area contributed by atoms with E-state index in [1.165, 1.54) is 25.3 Å². The van der Waals surface area contributed by atoms with E-state index in [-0.39, 0.29) is 29.8 Å². The zero-order valence-electron chi connectivity index (χ0n) is 23.0. The molecule has 3 aliphatic rings. The van der Waals surface area contributed by atoms with Gasteiger partial charge in [0.05, 0.1) is 24.3 Å². The fourth-order valence-electron chi connectivity index (χ4n) is 6.40. The van der Waals surface area contributed by atoms with Gasteiger partial charge >= 0.3 is 6.09 Å². The molecule has 2 aromatic carbocycles. The summed E-state index contributed by atoms with van der Waals surface area (Å²) in [5.41, 5.74) is 2.92. The molecule has 42 heavy (non-hydrogen) atoms. The summed E-state index contributed by atoms with van der Waals surface area (Å²) in [4.78, 5) is 79.5. The molecule has 2 saturated carbocycles. The third kappa shape index (κ3) is 4.36. The number of anilines is 2. The number of hydrogen-bond acceptors (Lipinski definition) is 11. The second kappa shape index (κ2) is 10.2. The van der Waals surface area contributed by atoms with Gasteiger partial charge in [0.15, 0.2) is 34.7 Å². The van der Waals surface area contributed by atoms with Crippen LogP contribution in [0.1, 0.15) is 28.8 Å². The Balaban J connectivity index is 1.51. The first-order valence-corrected chi connectivity index (χ1v) is 13.2. The standard InChI is InChI=1S/C29H29N3O10/c1-32(2)18-11-17(31-28(39)42-15-6-4-14(41-3)5-7-15)23(34)21-16(18)9-12-8-13-10-19(33)22(27(30)38)26(37)29(13,40)25(36)20(12)24(21)35/h4-7,11-13,20,22,34,40H,8-10H2,1-3H3,(H2,30,38)(H,31,39)/t12-,13+,20?,22?,29+/m1/s1. The normalized spacial score (nSPS) is 26.5. The number of amides is 2. The number of carbonyl (C=O) groups excluding carboxylic acids is 6. The fraction of sp³-hybridized carbons (Fsp3) is 0.379. The van der Waals surface area contributed by atoms with Crippen LogP contribution in [0.4, 0.5) is 16.2 Å². The maximum Gasteiger partial charge on any atom is 0.417 e. The number of carbonyl (C=O) groups is 6. The number of ketones is 4. The molecule has 2 unspecified atom stereocenters. The van der Waals surface area contributed by atoms with Crippen LogP contribution < -0.4 is 25.4 Å². The Morgan fingerprint density at radius 3 is 2.29 bits per heavy atom. The average molecular weight is 580 g/mol. The number of phenolic OH excluding ortho intramolecular Hbond substituents is 1. The second-order valence-corrected chi connectivity index (χ2v) is 11.0. The largest absolute Gasteiger partial charge is 0.505 e. The number of hydrogen-bond donors (Lipinski definition) is 4. The molecule has 0 saturated heterocycles. The van der Waals surface area contributed by atoms with E-state index < -0.39 is 76.6 Å². The summed E-state index contributed by atoms with van der Waals surface area (Å²) in [7, 11) is 4.87. The molecule has 3 aliphatic carbocycles. The van der Waals surface area contributed by atoms with Crippen LogP contribution in [-0.2, 0) is 25.6 Å². The molecule has 0 aliphatic heterocycles. The summed E-state index contributed by atoms with van der Waals surface area (Å²) >= 11 is 0. The first-order valence-electron chi connectivity index (χ1n) is 13.2.